The number of carbonyl (C=O) groups is 1. The van der Waals surface area contributed by atoms with Crippen LogP contribution in [0.15, 0.2) is 42.5 Å². The minimum atomic E-state index is -0.312. The van der Waals surface area contributed by atoms with E-state index in [-0.39, 0.29) is 23.9 Å². The molecule has 9 heteroatoms. The maximum Gasteiger partial charge on any atom is 0.224 e. The molecule has 0 saturated heterocycles. The molecule has 3 aromatic rings. The van der Waals surface area contributed by atoms with Gasteiger partial charge in [-0.05, 0) is 35.4 Å². The van der Waals surface area contributed by atoms with Gasteiger partial charge in [0, 0.05) is 45.6 Å². The molecule has 1 amide bonds. The summed E-state index contributed by atoms with van der Waals surface area (Å²) in [4.78, 5) is 14.5. The van der Waals surface area contributed by atoms with Crippen LogP contribution in [0.4, 0.5) is 4.39 Å². The maximum atomic E-state index is 13.0. The molecule has 1 aliphatic rings. The summed E-state index contributed by atoms with van der Waals surface area (Å²) < 4.78 is 20.3. The molecule has 0 bridgehead atoms. The van der Waals surface area contributed by atoms with E-state index in [4.69, 9.17) is 4.74 Å². The fourth-order valence-corrected chi connectivity index (χ4v) is 4.01. The third-order valence-electron chi connectivity index (χ3n) is 5.79. The minimum Gasteiger partial charge on any atom is -0.504 e. The Balaban J connectivity index is 1.28. The number of aromatic hydroxyl groups is 1. The highest BCUT2D eigenvalue weighted by molar-refractivity contribution is 5.78. The van der Waals surface area contributed by atoms with Gasteiger partial charge in [-0.2, -0.15) is 0 Å². The summed E-state index contributed by atoms with van der Waals surface area (Å²) in [6.07, 6.45) is 1.60. The van der Waals surface area contributed by atoms with E-state index < -0.39 is 0 Å². The molecule has 1 aromatic heterocycles. The highest BCUT2D eigenvalue weighted by Crippen LogP contribution is 2.27. The highest BCUT2D eigenvalue weighted by Gasteiger charge is 2.19. The molecule has 2 heterocycles. The largest absolute Gasteiger partial charge is 0.504 e. The Labute approximate surface area is 192 Å². The Morgan fingerprint density at radius 3 is 2.70 bits per heavy atom. The molecule has 33 heavy (non-hydrogen) atoms. The van der Waals surface area contributed by atoms with E-state index in [1.165, 1.54) is 12.1 Å². The normalized spacial score (nSPS) is 13.9. The zero-order valence-corrected chi connectivity index (χ0v) is 18.6. The van der Waals surface area contributed by atoms with Gasteiger partial charge in [0.05, 0.1) is 13.5 Å². The average Bonchev–Trinajstić information content (AvgIpc) is 3.08. The number of ether oxygens (including phenoxy) is 1. The molecule has 0 unspecified atom stereocenters. The number of benzene rings is 2. The van der Waals surface area contributed by atoms with Gasteiger partial charge in [-0.15, -0.1) is 10.2 Å². The van der Waals surface area contributed by atoms with Crippen LogP contribution in [0.25, 0.3) is 0 Å². The van der Waals surface area contributed by atoms with Crippen molar-refractivity contribution in [3.8, 4) is 11.5 Å². The van der Waals surface area contributed by atoms with Crippen molar-refractivity contribution in [3.05, 3.63) is 71.1 Å². The molecular formula is C24H28FN5O3. The standard InChI is InChI=1S/C24H28FN5O3/c1-33-21-14-18(4-7-20(21)31)16-29-11-9-23-28-27-22(30(23)13-12-29)8-10-26-24(32)15-17-2-5-19(25)6-3-17/h2-7,14,31H,8-13,15-16H2,1H3,(H,26,32). The summed E-state index contributed by atoms with van der Waals surface area (Å²) >= 11 is 0. The number of methoxy groups -OCH3 is 1. The van der Waals surface area contributed by atoms with E-state index in [0.717, 1.165) is 55.4 Å². The van der Waals surface area contributed by atoms with Gasteiger partial charge < -0.3 is 19.7 Å². The smallest absolute Gasteiger partial charge is 0.224 e. The topological polar surface area (TPSA) is 92.5 Å². The van der Waals surface area contributed by atoms with Crippen LogP contribution in [0.5, 0.6) is 11.5 Å². The fraction of sp³-hybridized carbons (Fsp3) is 0.375. The van der Waals surface area contributed by atoms with Crippen molar-refractivity contribution in [2.45, 2.75) is 32.4 Å². The van der Waals surface area contributed by atoms with Gasteiger partial charge in [-0.3, -0.25) is 9.69 Å². The van der Waals surface area contributed by atoms with E-state index in [1.807, 2.05) is 12.1 Å². The van der Waals surface area contributed by atoms with Crippen molar-refractivity contribution < 1.29 is 19.0 Å². The Morgan fingerprint density at radius 1 is 1.12 bits per heavy atom. The lowest BCUT2D eigenvalue weighted by molar-refractivity contribution is -0.120. The second-order valence-electron chi connectivity index (χ2n) is 8.12. The van der Waals surface area contributed by atoms with E-state index in [1.54, 1.807) is 25.3 Å². The third kappa shape index (κ3) is 5.87. The fourth-order valence-electron chi connectivity index (χ4n) is 4.01. The molecule has 4 rings (SSSR count). The van der Waals surface area contributed by atoms with Crippen molar-refractivity contribution in [2.75, 3.05) is 26.7 Å². The van der Waals surface area contributed by atoms with Crippen molar-refractivity contribution >= 4 is 5.91 Å². The Kier molecular flexibility index (Phi) is 7.19. The van der Waals surface area contributed by atoms with Crippen LogP contribution in [0, 0.1) is 5.82 Å². The number of hydrogen-bond donors (Lipinski definition) is 2. The summed E-state index contributed by atoms with van der Waals surface area (Å²) in [5.74, 6) is 2.01. The number of amides is 1. The highest BCUT2D eigenvalue weighted by atomic mass is 19.1. The first-order valence-electron chi connectivity index (χ1n) is 11.0. The van der Waals surface area contributed by atoms with Crippen molar-refractivity contribution in [3.63, 3.8) is 0 Å². The van der Waals surface area contributed by atoms with Gasteiger partial charge in [-0.1, -0.05) is 18.2 Å². The average molecular weight is 454 g/mol. The second-order valence-corrected chi connectivity index (χ2v) is 8.12. The Bertz CT molecular complexity index is 1100. The summed E-state index contributed by atoms with van der Waals surface area (Å²) in [6.45, 7) is 3.70. The molecule has 0 atom stereocenters. The van der Waals surface area contributed by atoms with Gasteiger partial charge >= 0.3 is 0 Å². The molecule has 0 radical (unpaired) electrons. The number of aromatic nitrogens is 3. The zero-order valence-electron chi connectivity index (χ0n) is 18.6. The predicted molar refractivity (Wildman–Crippen MR) is 120 cm³/mol. The van der Waals surface area contributed by atoms with E-state index in [9.17, 15) is 14.3 Å². The molecule has 1 aliphatic heterocycles. The lowest BCUT2D eigenvalue weighted by atomic mass is 10.1. The number of phenols is 1. The number of carbonyl (C=O) groups excluding carboxylic acids is 1. The van der Waals surface area contributed by atoms with Crippen LogP contribution in [0.2, 0.25) is 0 Å². The van der Waals surface area contributed by atoms with Crippen molar-refractivity contribution in [1.82, 2.24) is 25.0 Å². The molecule has 0 spiro atoms. The molecule has 0 fully saturated rings. The Morgan fingerprint density at radius 2 is 1.91 bits per heavy atom. The number of nitrogens with zero attached hydrogens (tertiary/aromatic N) is 4. The van der Waals surface area contributed by atoms with E-state index >= 15 is 0 Å². The van der Waals surface area contributed by atoms with Crippen LogP contribution < -0.4 is 10.1 Å². The van der Waals surface area contributed by atoms with Gasteiger partial charge in [0.1, 0.15) is 17.5 Å². The van der Waals surface area contributed by atoms with E-state index in [2.05, 4.69) is 25.0 Å². The van der Waals surface area contributed by atoms with Crippen molar-refractivity contribution in [2.24, 2.45) is 0 Å². The first-order valence-corrected chi connectivity index (χ1v) is 11.0. The molecular weight excluding hydrogens is 425 g/mol. The quantitative estimate of drug-likeness (QED) is 0.543. The molecule has 8 nitrogen and oxygen atoms in total. The number of fused-ring (bicyclic) bond motifs is 1. The molecule has 0 saturated carbocycles. The number of hydrogen-bond acceptors (Lipinski definition) is 6. The SMILES string of the molecule is COc1cc(CN2CCc3nnc(CCNC(=O)Cc4ccc(F)cc4)n3CC2)ccc1O. The number of phenolic OH excluding ortho intramolecular Hbond substituents is 1. The van der Waals surface area contributed by atoms with Gasteiger partial charge in [-0.25, -0.2) is 4.39 Å². The Hall–Kier alpha value is -3.46. The summed E-state index contributed by atoms with van der Waals surface area (Å²) in [7, 11) is 1.55. The minimum absolute atomic E-state index is 0.104. The molecule has 2 N–H and O–H groups in total. The van der Waals surface area contributed by atoms with Gasteiger partial charge in [0.2, 0.25) is 5.91 Å². The lowest BCUT2D eigenvalue weighted by Gasteiger charge is -2.20. The van der Waals surface area contributed by atoms with Gasteiger partial charge in [0.15, 0.2) is 11.5 Å². The first kappa shape index (κ1) is 22.7. The van der Waals surface area contributed by atoms with Gasteiger partial charge in [0.25, 0.3) is 0 Å². The maximum absolute atomic E-state index is 13.0. The second kappa shape index (κ2) is 10.4. The predicted octanol–water partition coefficient (Wildman–Crippen LogP) is 2.09. The number of nitrogens with one attached hydrogen (secondary N) is 1. The van der Waals surface area contributed by atoms with Crippen LogP contribution in [0.3, 0.4) is 0 Å². The molecule has 174 valence electrons. The van der Waals surface area contributed by atoms with E-state index in [0.29, 0.717) is 18.7 Å². The zero-order chi connectivity index (χ0) is 23.2. The lowest BCUT2D eigenvalue weighted by Crippen LogP contribution is -2.28. The van der Waals surface area contributed by atoms with Crippen LogP contribution >= 0.6 is 0 Å². The summed E-state index contributed by atoms with van der Waals surface area (Å²) in [6, 6.07) is 11.4. The number of halogens is 1. The van der Waals surface area contributed by atoms with Crippen LogP contribution in [0.1, 0.15) is 22.8 Å². The molecule has 0 aliphatic carbocycles. The molecule has 2 aromatic carbocycles. The van der Waals surface area contributed by atoms with Crippen molar-refractivity contribution in [1.29, 1.82) is 0 Å². The summed E-state index contributed by atoms with van der Waals surface area (Å²) in [5.41, 5.74) is 1.85. The van der Waals surface area contributed by atoms with Crippen LogP contribution in [-0.4, -0.2) is 57.4 Å². The van der Waals surface area contributed by atoms with Crippen LogP contribution in [-0.2, 0) is 37.1 Å². The monoisotopic (exact) mass is 453 g/mol. The summed E-state index contributed by atoms with van der Waals surface area (Å²) in [5, 5.41) is 21.4. The number of rotatable bonds is 8. The third-order valence-corrected chi connectivity index (χ3v) is 5.79. The first-order chi connectivity index (χ1) is 16.0.